The van der Waals surface area contributed by atoms with Crippen LogP contribution >= 0.6 is 37.2 Å². The number of nitrogens with two attached hydrogens (primary N) is 3. The van der Waals surface area contributed by atoms with Crippen LogP contribution in [0.5, 0.6) is 5.75 Å². The van der Waals surface area contributed by atoms with Crippen LogP contribution in [-0.2, 0) is 20.8 Å². The number of benzene rings is 2. The van der Waals surface area contributed by atoms with Gasteiger partial charge in [0.05, 0.1) is 25.0 Å². The highest BCUT2D eigenvalue weighted by Crippen LogP contribution is 2.31. The molecule has 22 heteroatoms. The molecule has 4 rings (SSSR count). The van der Waals surface area contributed by atoms with E-state index in [9.17, 15) is 28.0 Å². The number of carbonyl (C=O) groups excluding carboxylic acids is 3. The Morgan fingerprint density at radius 1 is 0.966 bits per heavy atom. The number of amides is 3. The second-order valence-electron chi connectivity index (χ2n) is 12.4. The lowest BCUT2D eigenvalue weighted by molar-refractivity contribution is -0.137. The molecule has 11 N–H and O–H groups in total. The average molecular weight is 875 g/mol. The number of carbonyl (C=O) groups is 4. The van der Waals surface area contributed by atoms with E-state index < -0.39 is 41.5 Å². The number of imidazole rings is 1. The Balaban J connectivity index is 0.00000561. The van der Waals surface area contributed by atoms with Gasteiger partial charge in [0.2, 0.25) is 17.6 Å². The van der Waals surface area contributed by atoms with E-state index in [1.54, 1.807) is 28.8 Å². The molecule has 0 aliphatic heterocycles. The van der Waals surface area contributed by atoms with Gasteiger partial charge in [-0.15, -0.1) is 37.2 Å². The zero-order chi connectivity index (χ0) is 40.1. The van der Waals surface area contributed by atoms with Crippen LogP contribution in [0.2, 0.25) is 0 Å². The van der Waals surface area contributed by atoms with E-state index in [0.29, 0.717) is 47.7 Å². The summed E-state index contributed by atoms with van der Waals surface area (Å²) in [6, 6.07) is 5.84. The number of rotatable bonds is 20. The third kappa shape index (κ3) is 13.6. The number of anilines is 2. The second-order valence-corrected chi connectivity index (χ2v) is 12.4. The van der Waals surface area contributed by atoms with Crippen molar-refractivity contribution in [1.29, 1.82) is 0 Å². The monoisotopic (exact) mass is 873 g/mol. The third-order valence-corrected chi connectivity index (χ3v) is 8.49. The Bertz CT molecular complexity index is 2050. The summed E-state index contributed by atoms with van der Waals surface area (Å²) in [5.74, 6) is -4.71. The first-order valence-corrected chi connectivity index (χ1v) is 17.5. The normalized spacial score (nSPS) is 11.4. The zero-order valence-corrected chi connectivity index (χ0v) is 34.1. The smallest absolute Gasteiger partial charge is 0.303 e. The number of aryl methyl sites for hydroxylation is 1. The summed E-state index contributed by atoms with van der Waals surface area (Å²) in [5.41, 5.74) is 19.0. The summed E-state index contributed by atoms with van der Waals surface area (Å²) in [7, 11) is 1.25. The lowest BCUT2D eigenvalue weighted by atomic mass is 10.0. The Hall–Kier alpha value is -5.50. The Morgan fingerprint density at radius 3 is 2.36 bits per heavy atom. The van der Waals surface area contributed by atoms with Gasteiger partial charge >= 0.3 is 5.97 Å². The van der Waals surface area contributed by atoms with Gasteiger partial charge < -0.3 is 48.3 Å². The van der Waals surface area contributed by atoms with Crippen molar-refractivity contribution < 1.29 is 37.8 Å². The second kappa shape index (κ2) is 24.3. The maximum atomic E-state index is 14.9. The van der Waals surface area contributed by atoms with Crippen LogP contribution in [0.15, 0.2) is 53.9 Å². The molecule has 2 heterocycles. The minimum absolute atomic E-state index is 0. The number of guanidine groups is 1. The molecule has 0 saturated carbocycles. The predicted molar refractivity (Wildman–Crippen MR) is 222 cm³/mol. The van der Waals surface area contributed by atoms with E-state index in [0.717, 1.165) is 5.56 Å². The summed E-state index contributed by atoms with van der Waals surface area (Å²) < 4.78 is 35.8. The van der Waals surface area contributed by atoms with Gasteiger partial charge in [0.1, 0.15) is 6.04 Å². The number of carboxylic acids is 1. The first-order valence-electron chi connectivity index (χ1n) is 17.5. The van der Waals surface area contributed by atoms with Gasteiger partial charge in [-0.1, -0.05) is 6.92 Å². The van der Waals surface area contributed by atoms with Crippen LogP contribution in [0.4, 0.5) is 20.3 Å². The van der Waals surface area contributed by atoms with Gasteiger partial charge in [0.25, 0.3) is 5.91 Å². The van der Waals surface area contributed by atoms with E-state index >= 15 is 0 Å². The molecule has 0 radical (unpaired) electrons. The van der Waals surface area contributed by atoms with Crippen molar-refractivity contribution in [3.63, 3.8) is 0 Å². The highest BCUT2D eigenvalue weighted by molar-refractivity contribution is 5.96. The van der Waals surface area contributed by atoms with Crippen LogP contribution in [0, 0.1) is 11.6 Å². The van der Waals surface area contributed by atoms with Crippen LogP contribution in [-0.4, -0.2) is 88.0 Å². The van der Waals surface area contributed by atoms with Crippen LogP contribution in [0.25, 0.3) is 16.9 Å². The number of nitrogens with one attached hydrogen (secondary N) is 4. The SMILES string of the molecule is CCc1cc(Nc2nccn3c(-c4ccc(OC)c(F)c4F)cnc23)ccc1C(=O)NCCCNC(=O)[C@H](CCCN=C(N)N)NC(=O)[C@@H](N)CCC(=O)O.Cl.Cl.Cl. The van der Waals surface area contributed by atoms with Crippen molar-refractivity contribution in [3.8, 4) is 17.0 Å². The molecule has 0 saturated heterocycles. The number of hydrogen-bond donors (Lipinski definition) is 8. The number of ether oxygens (including phenoxy) is 1. The molecule has 4 aromatic rings. The minimum Gasteiger partial charge on any atom is -0.494 e. The van der Waals surface area contributed by atoms with Gasteiger partial charge in [-0.2, -0.15) is 4.39 Å². The fraction of sp³-hybridized carbons (Fsp3) is 0.361. The molecule has 0 aliphatic rings. The van der Waals surface area contributed by atoms with Crippen LogP contribution < -0.4 is 43.2 Å². The highest BCUT2D eigenvalue weighted by Gasteiger charge is 2.24. The lowest BCUT2D eigenvalue weighted by Crippen LogP contribution is -2.52. The molecule has 0 unspecified atom stereocenters. The highest BCUT2D eigenvalue weighted by atomic mass is 35.5. The fourth-order valence-electron chi connectivity index (χ4n) is 5.60. The fourth-order valence-corrected chi connectivity index (χ4v) is 5.60. The molecule has 0 aliphatic carbocycles. The topological polar surface area (TPSA) is 266 Å². The molecular formula is C36H48Cl3F2N11O6. The first-order chi connectivity index (χ1) is 26.3. The molecule has 318 valence electrons. The molecule has 0 bridgehead atoms. The number of fused-ring (bicyclic) bond motifs is 1. The number of aromatic nitrogens is 3. The van der Waals surface area contributed by atoms with Gasteiger partial charge in [0.15, 0.2) is 29.0 Å². The molecule has 0 spiro atoms. The van der Waals surface area contributed by atoms with Crippen LogP contribution in [0.1, 0.15) is 54.9 Å². The molecule has 58 heavy (non-hydrogen) atoms. The van der Waals surface area contributed by atoms with Crippen molar-refractivity contribution in [1.82, 2.24) is 30.3 Å². The summed E-state index contributed by atoms with van der Waals surface area (Å²) in [5, 5.41) is 20.2. The molecule has 17 nitrogen and oxygen atoms in total. The Kier molecular flexibility index (Phi) is 21.2. The number of halogens is 5. The summed E-state index contributed by atoms with van der Waals surface area (Å²) in [6.07, 6.45) is 5.56. The average Bonchev–Trinajstić information content (AvgIpc) is 3.60. The largest absolute Gasteiger partial charge is 0.494 e. The minimum atomic E-state index is -1.11. The zero-order valence-electron chi connectivity index (χ0n) is 31.6. The van der Waals surface area contributed by atoms with Gasteiger partial charge in [-0.05, 0) is 68.0 Å². The number of carboxylic acid groups (broad SMARTS) is 1. The van der Waals surface area contributed by atoms with Crippen molar-refractivity contribution in [3.05, 3.63) is 71.7 Å². The quantitative estimate of drug-likeness (QED) is 0.0362. The number of aliphatic carboxylic acids is 1. The van der Waals surface area contributed by atoms with Crippen molar-refractivity contribution in [2.75, 3.05) is 32.1 Å². The molecule has 2 atom stereocenters. The van der Waals surface area contributed by atoms with Crippen molar-refractivity contribution in [2.45, 2.75) is 57.5 Å². The van der Waals surface area contributed by atoms with E-state index in [2.05, 4.69) is 36.2 Å². The summed E-state index contributed by atoms with van der Waals surface area (Å²) in [4.78, 5) is 62.1. The number of methoxy groups -OCH3 is 1. The maximum absolute atomic E-state index is 14.9. The first kappa shape index (κ1) is 50.5. The lowest BCUT2D eigenvalue weighted by Gasteiger charge is -2.20. The summed E-state index contributed by atoms with van der Waals surface area (Å²) in [6.45, 7) is 2.54. The molecular weight excluding hydrogens is 827 g/mol. The van der Waals surface area contributed by atoms with E-state index in [-0.39, 0.29) is 99.3 Å². The van der Waals surface area contributed by atoms with E-state index in [4.69, 9.17) is 27.0 Å². The standard InChI is InChI=1S/C36H45F2N11O6.3ClH/c1-3-20-18-21(47-31-32-46-19-26(49(32)17-16-42-31)23-9-11-27(55-2)30(38)29(23)37)7-8-22(20)33(52)43-14-5-15-44-35(54)25(6-4-13-45-36(40)41)48-34(53)24(39)10-12-28(50)51;;;/h7-9,11,16-19,24-25H,3-6,10,12-15,39H2,1-2H3,(H,42,47)(H,43,52)(H,44,54)(H,48,53)(H,50,51)(H4,40,41,45);3*1H/t24-,25-;;;/m0.../s1. The van der Waals surface area contributed by atoms with E-state index in [1.165, 1.54) is 31.6 Å². The van der Waals surface area contributed by atoms with Crippen molar-refractivity contribution in [2.24, 2.45) is 22.2 Å². The van der Waals surface area contributed by atoms with Crippen molar-refractivity contribution >= 4 is 84.0 Å². The van der Waals surface area contributed by atoms with Gasteiger partial charge in [-0.25, -0.2) is 14.4 Å². The summed E-state index contributed by atoms with van der Waals surface area (Å²) >= 11 is 0. The number of nitrogens with zero attached hydrogens (tertiary/aromatic N) is 4. The molecule has 0 fully saturated rings. The Labute approximate surface area is 351 Å². The number of hydrogen-bond acceptors (Lipinski definition) is 10. The Morgan fingerprint density at radius 2 is 1.69 bits per heavy atom. The molecule has 2 aromatic heterocycles. The maximum Gasteiger partial charge on any atom is 0.303 e. The molecule has 3 amide bonds. The molecule has 2 aromatic carbocycles. The number of aliphatic imine (C=N–C) groups is 1. The third-order valence-electron chi connectivity index (χ3n) is 8.49. The predicted octanol–water partition coefficient (Wildman–Crippen LogP) is 3.22. The van der Waals surface area contributed by atoms with E-state index in [1.807, 2.05) is 6.92 Å². The van der Waals surface area contributed by atoms with Gasteiger partial charge in [-0.3, -0.25) is 28.6 Å². The van der Waals surface area contributed by atoms with Gasteiger partial charge in [0, 0.05) is 55.3 Å². The van der Waals surface area contributed by atoms with Crippen LogP contribution in [0.3, 0.4) is 0 Å².